The molecule has 0 aliphatic heterocycles. The normalized spacial score (nSPS) is 10.4. The second-order valence-electron chi connectivity index (χ2n) is 4.72. The van der Waals surface area contributed by atoms with Crippen molar-refractivity contribution in [1.82, 2.24) is 10.6 Å². The second-order valence-corrected chi connectivity index (χ2v) is 4.72. The molecule has 0 fully saturated rings. The van der Waals surface area contributed by atoms with Crippen LogP contribution in [-0.2, 0) is 6.42 Å². The Balaban J connectivity index is 2.36. The molecule has 0 atom stereocenters. The van der Waals surface area contributed by atoms with Crippen LogP contribution >= 0.6 is 0 Å². The van der Waals surface area contributed by atoms with Gasteiger partial charge in [-0.1, -0.05) is 18.2 Å². The first-order valence-electron chi connectivity index (χ1n) is 6.09. The van der Waals surface area contributed by atoms with Crippen LogP contribution < -0.4 is 10.6 Å². The van der Waals surface area contributed by atoms with Gasteiger partial charge in [-0.25, -0.2) is 4.79 Å². The molecule has 1 aromatic carbocycles. The summed E-state index contributed by atoms with van der Waals surface area (Å²) in [7, 11) is 0. The molecule has 2 amide bonds. The molecule has 0 saturated heterocycles. The minimum absolute atomic E-state index is 0.0937. The first-order chi connectivity index (χ1) is 7.99. The van der Waals surface area contributed by atoms with Crippen molar-refractivity contribution < 1.29 is 4.79 Å². The summed E-state index contributed by atoms with van der Waals surface area (Å²) >= 11 is 0. The molecule has 1 rings (SSSR count). The molecule has 0 bridgehead atoms. The standard InChI is InChI=1S/C14H22N2O/c1-10(2)16-14(17)15-8-7-13-6-5-11(3)12(4)9-13/h5-6,9-10H,7-8H2,1-4H3,(H2,15,16,17). The van der Waals surface area contributed by atoms with Gasteiger partial charge in [0.15, 0.2) is 0 Å². The van der Waals surface area contributed by atoms with Crippen LogP contribution in [0.15, 0.2) is 18.2 Å². The summed E-state index contributed by atoms with van der Waals surface area (Å²) in [4.78, 5) is 11.3. The Morgan fingerprint density at radius 3 is 2.53 bits per heavy atom. The summed E-state index contributed by atoms with van der Waals surface area (Å²) in [5.74, 6) is 0. The van der Waals surface area contributed by atoms with Crippen molar-refractivity contribution in [2.24, 2.45) is 0 Å². The lowest BCUT2D eigenvalue weighted by Crippen LogP contribution is -2.40. The van der Waals surface area contributed by atoms with Crippen molar-refractivity contribution in [3.8, 4) is 0 Å². The molecule has 0 aliphatic carbocycles. The molecule has 0 heterocycles. The Bertz CT molecular complexity index is 386. The van der Waals surface area contributed by atoms with Crippen LogP contribution in [0.25, 0.3) is 0 Å². The van der Waals surface area contributed by atoms with Gasteiger partial charge < -0.3 is 10.6 Å². The molecule has 0 aliphatic rings. The monoisotopic (exact) mass is 234 g/mol. The number of carbonyl (C=O) groups excluding carboxylic acids is 1. The van der Waals surface area contributed by atoms with E-state index in [-0.39, 0.29) is 12.1 Å². The maximum Gasteiger partial charge on any atom is 0.314 e. The van der Waals surface area contributed by atoms with E-state index in [1.54, 1.807) is 0 Å². The molecule has 0 spiro atoms. The van der Waals surface area contributed by atoms with Crippen LogP contribution in [0.2, 0.25) is 0 Å². The number of benzene rings is 1. The lowest BCUT2D eigenvalue weighted by molar-refractivity contribution is 0.238. The van der Waals surface area contributed by atoms with E-state index in [9.17, 15) is 4.79 Å². The van der Waals surface area contributed by atoms with E-state index >= 15 is 0 Å². The summed E-state index contributed by atoms with van der Waals surface area (Å²) in [6.45, 7) is 8.78. The lowest BCUT2D eigenvalue weighted by Gasteiger charge is -2.10. The summed E-state index contributed by atoms with van der Waals surface area (Å²) in [6.07, 6.45) is 0.868. The number of hydrogen-bond donors (Lipinski definition) is 2. The SMILES string of the molecule is Cc1ccc(CCNC(=O)NC(C)C)cc1C. The van der Waals surface area contributed by atoms with Crippen molar-refractivity contribution in [2.75, 3.05) is 6.54 Å². The van der Waals surface area contributed by atoms with Crippen molar-refractivity contribution in [3.63, 3.8) is 0 Å². The van der Waals surface area contributed by atoms with Crippen LogP contribution in [-0.4, -0.2) is 18.6 Å². The van der Waals surface area contributed by atoms with Gasteiger partial charge in [0.1, 0.15) is 0 Å². The average Bonchev–Trinajstić information content (AvgIpc) is 2.22. The number of rotatable bonds is 4. The molecule has 0 aromatic heterocycles. The third-order valence-corrected chi connectivity index (χ3v) is 2.69. The predicted molar refractivity (Wildman–Crippen MR) is 71.3 cm³/mol. The van der Waals surface area contributed by atoms with Gasteiger partial charge >= 0.3 is 6.03 Å². The summed E-state index contributed by atoms with van der Waals surface area (Å²) in [6, 6.07) is 6.50. The smallest absolute Gasteiger partial charge is 0.314 e. The molecule has 17 heavy (non-hydrogen) atoms. The highest BCUT2D eigenvalue weighted by molar-refractivity contribution is 5.74. The molecule has 1 aromatic rings. The molecule has 3 nitrogen and oxygen atoms in total. The Kier molecular flexibility index (Phi) is 5.01. The number of urea groups is 1. The van der Waals surface area contributed by atoms with E-state index in [4.69, 9.17) is 0 Å². The molecule has 0 unspecified atom stereocenters. The molecule has 3 heteroatoms. The Morgan fingerprint density at radius 2 is 1.94 bits per heavy atom. The fraction of sp³-hybridized carbons (Fsp3) is 0.500. The van der Waals surface area contributed by atoms with Gasteiger partial charge in [-0.2, -0.15) is 0 Å². The highest BCUT2D eigenvalue weighted by Gasteiger charge is 2.02. The van der Waals surface area contributed by atoms with Crippen LogP contribution in [0, 0.1) is 13.8 Å². The van der Waals surface area contributed by atoms with Gasteiger partial charge in [-0.05, 0) is 50.8 Å². The largest absolute Gasteiger partial charge is 0.338 e. The summed E-state index contributed by atoms with van der Waals surface area (Å²) in [5, 5.41) is 5.65. The molecular weight excluding hydrogens is 212 g/mol. The van der Waals surface area contributed by atoms with E-state index in [0.717, 1.165) is 6.42 Å². The highest BCUT2D eigenvalue weighted by atomic mass is 16.2. The maximum atomic E-state index is 11.3. The quantitative estimate of drug-likeness (QED) is 0.826. The van der Waals surface area contributed by atoms with E-state index in [1.165, 1.54) is 16.7 Å². The van der Waals surface area contributed by atoms with E-state index in [0.29, 0.717) is 6.54 Å². The van der Waals surface area contributed by atoms with E-state index in [1.807, 2.05) is 13.8 Å². The van der Waals surface area contributed by atoms with Crippen LogP contribution in [0.4, 0.5) is 4.79 Å². The molecule has 2 N–H and O–H groups in total. The third-order valence-electron chi connectivity index (χ3n) is 2.69. The van der Waals surface area contributed by atoms with E-state index in [2.05, 4.69) is 42.7 Å². The molecule has 0 radical (unpaired) electrons. The average molecular weight is 234 g/mol. The second kappa shape index (κ2) is 6.28. The van der Waals surface area contributed by atoms with Gasteiger partial charge in [0.2, 0.25) is 0 Å². The fourth-order valence-electron chi connectivity index (χ4n) is 1.59. The number of aryl methyl sites for hydroxylation is 2. The van der Waals surface area contributed by atoms with Gasteiger partial charge in [0.05, 0.1) is 0 Å². The zero-order valence-electron chi connectivity index (χ0n) is 11.1. The third kappa shape index (κ3) is 4.89. The van der Waals surface area contributed by atoms with Crippen LogP contribution in [0.1, 0.15) is 30.5 Å². The topological polar surface area (TPSA) is 41.1 Å². The fourth-order valence-corrected chi connectivity index (χ4v) is 1.59. The molecule has 94 valence electrons. The number of carbonyl (C=O) groups is 1. The predicted octanol–water partition coefficient (Wildman–Crippen LogP) is 2.55. The van der Waals surface area contributed by atoms with Crippen molar-refractivity contribution in [2.45, 2.75) is 40.2 Å². The molecular formula is C14H22N2O. The number of hydrogen-bond acceptors (Lipinski definition) is 1. The Hall–Kier alpha value is -1.51. The van der Waals surface area contributed by atoms with Crippen molar-refractivity contribution in [1.29, 1.82) is 0 Å². The first-order valence-corrected chi connectivity index (χ1v) is 6.09. The zero-order chi connectivity index (χ0) is 12.8. The van der Waals surface area contributed by atoms with Gasteiger partial charge in [-0.15, -0.1) is 0 Å². The van der Waals surface area contributed by atoms with Crippen LogP contribution in [0.5, 0.6) is 0 Å². The van der Waals surface area contributed by atoms with Crippen molar-refractivity contribution in [3.05, 3.63) is 34.9 Å². The highest BCUT2D eigenvalue weighted by Crippen LogP contribution is 2.09. The first kappa shape index (κ1) is 13.6. The summed E-state index contributed by atoms with van der Waals surface area (Å²) in [5.41, 5.74) is 3.87. The van der Waals surface area contributed by atoms with Gasteiger partial charge in [-0.3, -0.25) is 0 Å². The summed E-state index contributed by atoms with van der Waals surface area (Å²) < 4.78 is 0. The molecule has 0 saturated carbocycles. The van der Waals surface area contributed by atoms with Gasteiger partial charge in [0.25, 0.3) is 0 Å². The zero-order valence-corrected chi connectivity index (χ0v) is 11.1. The number of amides is 2. The Morgan fingerprint density at radius 1 is 1.24 bits per heavy atom. The lowest BCUT2D eigenvalue weighted by atomic mass is 10.0. The van der Waals surface area contributed by atoms with Crippen molar-refractivity contribution >= 4 is 6.03 Å². The number of nitrogens with one attached hydrogen (secondary N) is 2. The minimum Gasteiger partial charge on any atom is -0.338 e. The van der Waals surface area contributed by atoms with Gasteiger partial charge in [0, 0.05) is 12.6 Å². The minimum atomic E-state index is -0.0937. The maximum absolute atomic E-state index is 11.3. The van der Waals surface area contributed by atoms with E-state index < -0.39 is 0 Å². The van der Waals surface area contributed by atoms with Crippen LogP contribution in [0.3, 0.4) is 0 Å². The Labute approximate surface area is 104 Å².